The third kappa shape index (κ3) is 5.08. The second-order valence-corrected chi connectivity index (χ2v) is 8.19. The van der Waals surface area contributed by atoms with E-state index < -0.39 is 23.5 Å². The van der Waals surface area contributed by atoms with Gasteiger partial charge in [0.1, 0.15) is 5.41 Å². The van der Waals surface area contributed by atoms with Gasteiger partial charge >= 0.3 is 12.0 Å². The Bertz CT molecular complexity index is 1030. The summed E-state index contributed by atoms with van der Waals surface area (Å²) in [5.74, 6) is 0.528. The minimum atomic E-state index is -1.23. The first kappa shape index (κ1) is 24.9. The molecule has 1 aliphatic rings. The summed E-state index contributed by atoms with van der Waals surface area (Å²) in [4.78, 5) is 39.7. The topological polar surface area (TPSA) is 106 Å². The molecule has 1 aliphatic heterocycles. The lowest BCUT2D eigenvalue weighted by molar-refractivity contribution is -0.154. The maximum absolute atomic E-state index is 12.9. The molecule has 3 rings (SSSR count). The van der Waals surface area contributed by atoms with Gasteiger partial charge in [0.25, 0.3) is 0 Å². The van der Waals surface area contributed by atoms with E-state index in [9.17, 15) is 14.4 Å². The lowest BCUT2D eigenvalue weighted by atomic mass is 9.76. The van der Waals surface area contributed by atoms with Crippen LogP contribution in [-0.2, 0) is 20.7 Å². The molecule has 1 saturated heterocycles. The molecule has 0 spiro atoms. The van der Waals surface area contributed by atoms with Gasteiger partial charge in [-0.05, 0) is 29.7 Å². The first-order valence-corrected chi connectivity index (χ1v) is 11.0. The van der Waals surface area contributed by atoms with Crippen LogP contribution in [0.5, 0.6) is 11.5 Å². The van der Waals surface area contributed by atoms with Gasteiger partial charge < -0.3 is 29.7 Å². The van der Waals surface area contributed by atoms with Crippen LogP contribution in [-0.4, -0.2) is 64.3 Å². The highest BCUT2D eigenvalue weighted by atomic mass is 16.5. The summed E-state index contributed by atoms with van der Waals surface area (Å²) in [7, 11) is 6.09. The summed E-state index contributed by atoms with van der Waals surface area (Å²) in [6, 6.07) is 13.9. The number of methoxy groups -OCH3 is 3. The first-order chi connectivity index (χ1) is 16.4. The van der Waals surface area contributed by atoms with Gasteiger partial charge in [-0.2, -0.15) is 0 Å². The molecule has 0 bridgehead atoms. The third-order valence-electron chi connectivity index (χ3n) is 6.19. The van der Waals surface area contributed by atoms with E-state index in [0.29, 0.717) is 24.5 Å². The van der Waals surface area contributed by atoms with E-state index >= 15 is 0 Å². The second kappa shape index (κ2) is 10.9. The number of nitrogens with one attached hydrogen (secondary N) is 2. The SMILES string of the molecule is COC(=O)[C@]1(CNC(=O)NCCc2ccc(OC)c(OC)c2)CC(=O)N(C)[C@@H]1c1ccccc1. The Morgan fingerprint density at radius 3 is 2.38 bits per heavy atom. The number of nitrogens with zero attached hydrogens (tertiary/aromatic N) is 1. The van der Waals surface area contributed by atoms with Crippen LogP contribution < -0.4 is 20.1 Å². The number of rotatable bonds is 9. The number of likely N-dealkylation sites (tertiary alicyclic amines) is 1. The first-order valence-electron chi connectivity index (χ1n) is 11.0. The van der Waals surface area contributed by atoms with E-state index in [1.807, 2.05) is 48.5 Å². The third-order valence-corrected chi connectivity index (χ3v) is 6.19. The molecule has 0 saturated carbocycles. The van der Waals surface area contributed by atoms with Crippen molar-refractivity contribution in [2.75, 3.05) is 41.5 Å². The summed E-state index contributed by atoms with van der Waals surface area (Å²) in [5.41, 5.74) is 0.538. The van der Waals surface area contributed by atoms with E-state index in [2.05, 4.69) is 10.6 Å². The summed E-state index contributed by atoms with van der Waals surface area (Å²) in [6.07, 6.45) is 0.519. The van der Waals surface area contributed by atoms with E-state index in [0.717, 1.165) is 11.1 Å². The molecule has 0 radical (unpaired) electrons. The van der Waals surface area contributed by atoms with Crippen molar-refractivity contribution in [2.45, 2.75) is 18.9 Å². The molecule has 0 aromatic heterocycles. The summed E-state index contributed by atoms with van der Waals surface area (Å²) >= 11 is 0. The smallest absolute Gasteiger partial charge is 0.316 e. The molecule has 2 aromatic rings. The van der Waals surface area contributed by atoms with Gasteiger partial charge in [-0.3, -0.25) is 9.59 Å². The number of ether oxygens (including phenoxy) is 3. The molecule has 0 unspecified atom stereocenters. The highest BCUT2D eigenvalue weighted by molar-refractivity contribution is 5.91. The van der Waals surface area contributed by atoms with E-state index in [4.69, 9.17) is 14.2 Å². The monoisotopic (exact) mass is 469 g/mol. The Morgan fingerprint density at radius 1 is 1.03 bits per heavy atom. The normalized spacial score (nSPS) is 19.5. The number of carbonyl (C=O) groups excluding carboxylic acids is 3. The zero-order valence-corrected chi connectivity index (χ0v) is 19.9. The molecule has 2 atom stereocenters. The number of hydrogen-bond donors (Lipinski definition) is 2. The zero-order valence-electron chi connectivity index (χ0n) is 19.9. The van der Waals surface area contributed by atoms with Crippen LogP contribution in [0.15, 0.2) is 48.5 Å². The van der Waals surface area contributed by atoms with Crippen LogP contribution in [0.2, 0.25) is 0 Å². The predicted octanol–water partition coefficient (Wildman–Crippen LogP) is 2.31. The van der Waals surface area contributed by atoms with Gasteiger partial charge in [0.05, 0.1) is 27.4 Å². The number of esters is 1. The summed E-state index contributed by atoms with van der Waals surface area (Å²) in [6.45, 7) is 0.324. The Labute approximate surface area is 199 Å². The predicted molar refractivity (Wildman–Crippen MR) is 126 cm³/mol. The van der Waals surface area contributed by atoms with Crippen LogP contribution >= 0.6 is 0 Å². The van der Waals surface area contributed by atoms with Crippen molar-refractivity contribution in [3.05, 3.63) is 59.7 Å². The van der Waals surface area contributed by atoms with Gasteiger partial charge in [0.15, 0.2) is 11.5 Å². The number of amides is 3. The lowest BCUT2D eigenvalue weighted by Crippen LogP contribution is -2.49. The van der Waals surface area contributed by atoms with Crippen molar-refractivity contribution in [3.63, 3.8) is 0 Å². The molecule has 0 aliphatic carbocycles. The molecule has 1 heterocycles. The summed E-state index contributed by atoms with van der Waals surface area (Å²) < 4.78 is 15.6. The Hall–Kier alpha value is -3.75. The number of carbonyl (C=O) groups is 3. The van der Waals surface area contributed by atoms with E-state index in [1.165, 1.54) is 7.11 Å². The van der Waals surface area contributed by atoms with Gasteiger partial charge in [-0.25, -0.2) is 4.79 Å². The van der Waals surface area contributed by atoms with Crippen LogP contribution in [0.4, 0.5) is 4.79 Å². The van der Waals surface area contributed by atoms with Crippen LogP contribution in [0.1, 0.15) is 23.6 Å². The highest BCUT2D eigenvalue weighted by Crippen LogP contribution is 2.47. The van der Waals surface area contributed by atoms with Crippen molar-refractivity contribution < 1.29 is 28.6 Å². The molecule has 2 aromatic carbocycles. The standard InChI is InChI=1S/C25H31N3O6/c1-28-21(29)15-25(23(30)34-4,22(28)18-8-6-5-7-9-18)16-27-24(31)26-13-12-17-10-11-19(32-2)20(14-17)33-3/h5-11,14,22H,12-13,15-16H2,1-4H3,(H2,26,27,31)/t22-,25+/m1/s1. The quantitative estimate of drug-likeness (QED) is 0.546. The lowest BCUT2D eigenvalue weighted by Gasteiger charge is -2.34. The molecular formula is C25H31N3O6. The van der Waals surface area contributed by atoms with Crippen molar-refractivity contribution in [3.8, 4) is 11.5 Å². The minimum absolute atomic E-state index is 0.0441. The molecule has 182 valence electrons. The van der Waals surface area contributed by atoms with E-state index in [-0.39, 0.29) is 18.9 Å². The highest BCUT2D eigenvalue weighted by Gasteiger charge is 2.57. The number of hydrogen-bond acceptors (Lipinski definition) is 6. The van der Waals surface area contributed by atoms with Crippen molar-refractivity contribution >= 4 is 17.9 Å². The van der Waals surface area contributed by atoms with Gasteiger partial charge in [-0.1, -0.05) is 36.4 Å². The average Bonchev–Trinajstić information content (AvgIpc) is 3.13. The fourth-order valence-corrected chi connectivity index (χ4v) is 4.46. The Morgan fingerprint density at radius 2 is 1.74 bits per heavy atom. The van der Waals surface area contributed by atoms with Gasteiger partial charge in [0, 0.05) is 26.6 Å². The zero-order chi connectivity index (χ0) is 24.7. The number of benzene rings is 2. The van der Waals surface area contributed by atoms with Crippen LogP contribution in [0.25, 0.3) is 0 Å². The van der Waals surface area contributed by atoms with Crippen LogP contribution in [0, 0.1) is 5.41 Å². The molecular weight excluding hydrogens is 438 g/mol. The number of urea groups is 1. The molecule has 34 heavy (non-hydrogen) atoms. The fraction of sp³-hybridized carbons (Fsp3) is 0.400. The minimum Gasteiger partial charge on any atom is -0.493 e. The largest absolute Gasteiger partial charge is 0.493 e. The van der Waals surface area contributed by atoms with Crippen molar-refractivity contribution in [2.24, 2.45) is 5.41 Å². The van der Waals surface area contributed by atoms with Gasteiger partial charge in [0.2, 0.25) is 5.91 Å². The molecule has 9 heteroatoms. The summed E-state index contributed by atoms with van der Waals surface area (Å²) in [5, 5.41) is 5.57. The van der Waals surface area contributed by atoms with Crippen LogP contribution in [0.3, 0.4) is 0 Å². The molecule has 9 nitrogen and oxygen atoms in total. The maximum atomic E-state index is 12.9. The van der Waals surface area contributed by atoms with Crippen molar-refractivity contribution in [1.29, 1.82) is 0 Å². The fourth-order valence-electron chi connectivity index (χ4n) is 4.46. The Balaban J connectivity index is 1.66. The Kier molecular flexibility index (Phi) is 7.99. The molecule has 2 N–H and O–H groups in total. The van der Waals surface area contributed by atoms with Gasteiger partial charge in [-0.15, -0.1) is 0 Å². The van der Waals surface area contributed by atoms with E-state index in [1.54, 1.807) is 26.2 Å². The van der Waals surface area contributed by atoms with Crippen molar-refractivity contribution in [1.82, 2.24) is 15.5 Å². The average molecular weight is 470 g/mol. The maximum Gasteiger partial charge on any atom is 0.316 e. The molecule has 1 fully saturated rings. The molecule has 3 amide bonds. The second-order valence-electron chi connectivity index (χ2n) is 8.19.